The van der Waals surface area contributed by atoms with Gasteiger partial charge in [0.15, 0.2) is 5.69 Å². The van der Waals surface area contributed by atoms with E-state index in [9.17, 15) is 28.5 Å². The van der Waals surface area contributed by atoms with E-state index < -0.39 is 34.0 Å². The van der Waals surface area contributed by atoms with Crippen molar-refractivity contribution >= 4 is 5.69 Å². The lowest BCUT2D eigenvalue weighted by Crippen LogP contribution is -2.40. The quantitative estimate of drug-likeness (QED) is 0.530. The minimum atomic E-state index is -3.27. The van der Waals surface area contributed by atoms with Crippen LogP contribution in [-0.2, 0) is 14.1 Å². The van der Waals surface area contributed by atoms with E-state index in [0.29, 0.717) is 9.13 Å². The Kier molecular flexibility index (Phi) is 2.88. The molecule has 0 fully saturated rings. The summed E-state index contributed by atoms with van der Waals surface area (Å²) in [6.45, 7) is 0. The normalized spacial score (nSPS) is 10.8. The summed E-state index contributed by atoms with van der Waals surface area (Å²) in [6.07, 6.45) is -3.27. The fourth-order valence-electron chi connectivity index (χ4n) is 1.26. The maximum Gasteiger partial charge on any atom is 0.359 e. The van der Waals surface area contributed by atoms with Crippen LogP contribution in [0.25, 0.3) is 0 Å². The lowest BCUT2D eigenvalue weighted by molar-refractivity contribution is -0.388. The second-order valence-corrected chi connectivity index (χ2v) is 3.00. The number of hydrogen-bond donors (Lipinski definition) is 0. The summed E-state index contributed by atoms with van der Waals surface area (Å²) in [6, 6.07) is 0. The van der Waals surface area contributed by atoms with Crippen molar-refractivity contribution in [1.29, 1.82) is 0 Å². The summed E-state index contributed by atoms with van der Waals surface area (Å²) in [5.41, 5.74) is -4.84. The maximum absolute atomic E-state index is 12.5. The third-order valence-electron chi connectivity index (χ3n) is 2.07. The van der Waals surface area contributed by atoms with Crippen LogP contribution < -0.4 is 11.2 Å². The highest BCUT2D eigenvalue weighted by Gasteiger charge is 2.30. The summed E-state index contributed by atoms with van der Waals surface area (Å²) in [4.78, 5) is 31.8. The molecule has 1 rings (SSSR count). The number of nitrogens with zero attached hydrogens (tertiary/aromatic N) is 3. The van der Waals surface area contributed by atoms with Gasteiger partial charge in [0.25, 0.3) is 6.43 Å². The second-order valence-electron chi connectivity index (χ2n) is 3.00. The molecule has 0 N–H and O–H groups in total. The van der Waals surface area contributed by atoms with Gasteiger partial charge in [-0.25, -0.2) is 13.6 Å². The van der Waals surface area contributed by atoms with Crippen LogP contribution in [-0.4, -0.2) is 14.1 Å². The monoisotopic (exact) mass is 235 g/mol. The van der Waals surface area contributed by atoms with Gasteiger partial charge >= 0.3 is 16.9 Å². The molecule has 9 heteroatoms. The van der Waals surface area contributed by atoms with Crippen LogP contribution in [0, 0.1) is 10.1 Å². The molecule has 0 unspecified atom stereocenters. The van der Waals surface area contributed by atoms with Crippen molar-refractivity contribution in [3.8, 4) is 0 Å². The Balaban J connectivity index is 3.92. The molecule has 0 amide bonds. The molecule has 7 nitrogen and oxygen atoms in total. The Morgan fingerprint density at radius 1 is 1.25 bits per heavy atom. The average Bonchev–Trinajstić information content (AvgIpc) is 2.18. The van der Waals surface area contributed by atoms with E-state index >= 15 is 0 Å². The predicted octanol–water partition coefficient (Wildman–Crippen LogP) is -0.0702. The number of aromatic nitrogens is 2. The summed E-state index contributed by atoms with van der Waals surface area (Å²) >= 11 is 0. The van der Waals surface area contributed by atoms with E-state index in [-0.39, 0.29) is 0 Å². The van der Waals surface area contributed by atoms with Gasteiger partial charge in [-0.15, -0.1) is 0 Å². The minimum absolute atomic E-state index is 0.393. The highest BCUT2D eigenvalue weighted by Crippen LogP contribution is 2.23. The molecular weight excluding hydrogens is 228 g/mol. The van der Waals surface area contributed by atoms with E-state index in [4.69, 9.17) is 0 Å². The predicted molar refractivity (Wildman–Crippen MR) is 48.5 cm³/mol. The zero-order valence-electron chi connectivity index (χ0n) is 8.31. The Hall–Kier alpha value is -2.06. The first-order valence-corrected chi connectivity index (χ1v) is 4.01. The highest BCUT2D eigenvalue weighted by atomic mass is 19.3. The molecule has 0 aromatic carbocycles. The van der Waals surface area contributed by atoms with Gasteiger partial charge in [-0.2, -0.15) is 0 Å². The van der Waals surface area contributed by atoms with Crippen LogP contribution in [0.3, 0.4) is 0 Å². The van der Waals surface area contributed by atoms with Crippen molar-refractivity contribution < 1.29 is 13.7 Å². The first-order valence-electron chi connectivity index (χ1n) is 4.01. The smallest absolute Gasteiger partial charge is 0.289 e. The van der Waals surface area contributed by atoms with Crippen LogP contribution in [0.1, 0.15) is 12.1 Å². The number of alkyl halides is 2. The molecule has 0 spiro atoms. The molecule has 0 bridgehead atoms. The molecular formula is C7H7F2N3O4. The summed E-state index contributed by atoms with van der Waals surface area (Å²) in [7, 11) is 1.92. The van der Waals surface area contributed by atoms with E-state index in [1.165, 1.54) is 0 Å². The third-order valence-corrected chi connectivity index (χ3v) is 2.07. The Labute approximate surface area is 86.7 Å². The molecule has 0 aliphatic carbocycles. The number of rotatable bonds is 2. The first kappa shape index (κ1) is 12.0. The van der Waals surface area contributed by atoms with Crippen molar-refractivity contribution in [2.24, 2.45) is 14.1 Å². The topological polar surface area (TPSA) is 87.1 Å². The van der Waals surface area contributed by atoms with Crippen LogP contribution in [0.5, 0.6) is 0 Å². The lowest BCUT2D eigenvalue weighted by atomic mass is 10.3. The Morgan fingerprint density at radius 2 is 1.75 bits per heavy atom. The third kappa shape index (κ3) is 1.59. The average molecular weight is 235 g/mol. The summed E-state index contributed by atoms with van der Waals surface area (Å²) < 4.78 is 25.9. The molecule has 88 valence electrons. The molecule has 0 atom stereocenters. The fraction of sp³-hybridized carbons (Fsp3) is 0.429. The van der Waals surface area contributed by atoms with Gasteiger partial charge in [-0.1, -0.05) is 0 Å². The molecule has 1 aromatic heterocycles. The van der Waals surface area contributed by atoms with Gasteiger partial charge in [-0.05, 0) is 0 Å². The van der Waals surface area contributed by atoms with Gasteiger partial charge in [0, 0.05) is 14.1 Å². The molecule has 1 heterocycles. The van der Waals surface area contributed by atoms with Gasteiger partial charge in [0.05, 0.1) is 4.92 Å². The van der Waals surface area contributed by atoms with Crippen molar-refractivity contribution in [2.75, 3.05) is 0 Å². The van der Waals surface area contributed by atoms with Crippen molar-refractivity contribution in [2.45, 2.75) is 6.43 Å². The van der Waals surface area contributed by atoms with Gasteiger partial charge in [-0.3, -0.25) is 24.0 Å². The molecule has 0 aliphatic rings. The minimum Gasteiger partial charge on any atom is -0.289 e. The van der Waals surface area contributed by atoms with E-state index in [1.807, 2.05) is 0 Å². The number of hydrogen-bond acceptors (Lipinski definition) is 4. The van der Waals surface area contributed by atoms with Crippen LogP contribution in [0.2, 0.25) is 0 Å². The van der Waals surface area contributed by atoms with Crippen molar-refractivity contribution in [1.82, 2.24) is 9.13 Å². The van der Waals surface area contributed by atoms with E-state index in [2.05, 4.69) is 0 Å². The molecule has 0 radical (unpaired) electrons. The SMILES string of the molecule is Cn1c(C(F)F)c([N+](=O)[O-])c(=O)n(C)c1=O. The van der Waals surface area contributed by atoms with E-state index in [1.54, 1.807) is 0 Å². The van der Waals surface area contributed by atoms with Crippen LogP contribution in [0.15, 0.2) is 9.59 Å². The molecule has 0 aliphatic heterocycles. The van der Waals surface area contributed by atoms with Gasteiger partial charge in [0.1, 0.15) is 0 Å². The van der Waals surface area contributed by atoms with Crippen molar-refractivity contribution in [3.63, 3.8) is 0 Å². The standard InChI is InChI=1S/C7H7F2N3O4/c1-10-3(5(8)9)4(12(15)16)6(13)11(2)7(10)14/h5H,1-2H3. The van der Waals surface area contributed by atoms with Gasteiger partial charge in [0.2, 0.25) is 0 Å². The fourth-order valence-corrected chi connectivity index (χ4v) is 1.26. The van der Waals surface area contributed by atoms with Crippen molar-refractivity contribution in [3.05, 3.63) is 36.6 Å². The Morgan fingerprint density at radius 3 is 2.12 bits per heavy atom. The number of halogens is 2. The molecule has 16 heavy (non-hydrogen) atoms. The summed E-state index contributed by atoms with van der Waals surface area (Å²) in [5, 5.41) is 10.5. The number of nitro groups is 1. The maximum atomic E-state index is 12.5. The second kappa shape index (κ2) is 3.83. The van der Waals surface area contributed by atoms with Crippen LogP contribution in [0.4, 0.5) is 14.5 Å². The zero-order valence-corrected chi connectivity index (χ0v) is 8.31. The molecule has 0 saturated carbocycles. The molecule has 0 saturated heterocycles. The summed E-state index contributed by atoms with van der Waals surface area (Å²) in [5.74, 6) is 0. The highest BCUT2D eigenvalue weighted by molar-refractivity contribution is 5.33. The molecule has 1 aromatic rings. The van der Waals surface area contributed by atoms with Gasteiger partial charge < -0.3 is 0 Å². The van der Waals surface area contributed by atoms with Crippen LogP contribution >= 0.6 is 0 Å². The lowest BCUT2D eigenvalue weighted by Gasteiger charge is -2.08. The Bertz CT molecular complexity index is 560. The largest absolute Gasteiger partial charge is 0.359 e. The first-order chi connectivity index (χ1) is 7.29. The zero-order chi connectivity index (χ0) is 12.6. The van der Waals surface area contributed by atoms with E-state index in [0.717, 1.165) is 14.1 Å².